The highest BCUT2D eigenvalue weighted by atomic mass is 19.1. The monoisotopic (exact) mass is 383 g/mol. The molecule has 0 saturated carbocycles. The van der Waals surface area contributed by atoms with Crippen molar-refractivity contribution in [2.45, 2.75) is 6.92 Å². The number of hydrogen-bond acceptors (Lipinski definition) is 7. The van der Waals surface area contributed by atoms with Gasteiger partial charge >= 0.3 is 0 Å². The summed E-state index contributed by atoms with van der Waals surface area (Å²) in [6.45, 7) is 2.77. The smallest absolute Gasteiger partial charge is 0.245 e. The molecule has 1 amide bonds. The lowest BCUT2D eigenvalue weighted by Crippen LogP contribution is -2.41. The highest BCUT2D eigenvalue weighted by molar-refractivity contribution is 5.99. The van der Waals surface area contributed by atoms with Gasteiger partial charge in [0.15, 0.2) is 17.5 Å². The Kier molecular flexibility index (Phi) is 4.70. The molecule has 0 fully saturated rings. The molecule has 0 unspecified atom stereocenters. The first-order chi connectivity index (χ1) is 13.6. The van der Waals surface area contributed by atoms with Crippen LogP contribution in [0.4, 0.5) is 16.0 Å². The molecule has 2 aromatic heterocycles. The molecule has 3 heterocycles. The summed E-state index contributed by atoms with van der Waals surface area (Å²) in [7, 11) is 1.59. The van der Waals surface area contributed by atoms with Crippen LogP contribution >= 0.6 is 0 Å². The highest BCUT2D eigenvalue weighted by Gasteiger charge is 2.25. The van der Waals surface area contributed by atoms with E-state index in [0.717, 1.165) is 0 Å². The molecule has 4 rings (SSSR count). The standard InChI is InChI=1S/C18H18FN7O2/c1-10-11(3-4-12(15(10)19)16-21-9-22-25-16)13-7-20-17-18(23-13)26(5-6-28-2)8-14(27)24-17/h3-4,7,9H,5-6,8H2,1-2H3,(H,20,24,27)(H,21,22,25). The topological polar surface area (TPSA) is 109 Å². The van der Waals surface area contributed by atoms with Gasteiger partial charge < -0.3 is 19.9 Å². The van der Waals surface area contributed by atoms with Crippen molar-refractivity contribution in [1.29, 1.82) is 0 Å². The Balaban J connectivity index is 1.74. The number of hydrogen-bond donors (Lipinski definition) is 2. The summed E-state index contributed by atoms with van der Waals surface area (Å²) < 4.78 is 20.0. The van der Waals surface area contributed by atoms with E-state index in [1.54, 1.807) is 31.1 Å². The van der Waals surface area contributed by atoms with Gasteiger partial charge in [0.1, 0.15) is 12.1 Å². The van der Waals surface area contributed by atoms with Crippen LogP contribution in [0, 0.1) is 12.7 Å². The van der Waals surface area contributed by atoms with E-state index in [4.69, 9.17) is 4.74 Å². The molecule has 28 heavy (non-hydrogen) atoms. The summed E-state index contributed by atoms with van der Waals surface area (Å²) in [5.74, 6) is 0.709. The first-order valence-electron chi connectivity index (χ1n) is 8.65. The van der Waals surface area contributed by atoms with Crippen LogP contribution in [-0.2, 0) is 9.53 Å². The van der Waals surface area contributed by atoms with Crippen LogP contribution in [0.1, 0.15) is 5.56 Å². The number of rotatable bonds is 5. The average molecular weight is 383 g/mol. The van der Waals surface area contributed by atoms with Crippen molar-refractivity contribution >= 4 is 17.5 Å². The number of amides is 1. The molecule has 0 atom stereocenters. The van der Waals surface area contributed by atoms with Crippen molar-refractivity contribution in [1.82, 2.24) is 25.1 Å². The number of halogens is 1. The third-order valence-corrected chi connectivity index (χ3v) is 4.55. The summed E-state index contributed by atoms with van der Waals surface area (Å²) in [6, 6.07) is 3.40. The van der Waals surface area contributed by atoms with Crippen LogP contribution in [0.3, 0.4) is 0 Å². The van der Waals surface area contributed by atoms with Crippen LogP contribution in [0.15, 0.2) is 24.7 Å². The molecule has 0 aliphatic carbocycles. The number of anilines is 2. The van der Waals surface area contributed by atoms with E-state index < -0.39 is 5.82 Å². The zero-order valence-electron chi connectivity index (χ0n) is 15.4. The molecule has 3 aromatic rings. The number of carbonyl (C=O) groups excluding carboxylic acids is 1. The first-order valence-corrected chi connectivity index (χ1v) is 8.65. The van der Waals surface area contributed by atoms with E-state index in [1.165, 1.54) is 12.5 Å². The molecule has 0 bridgehead atoms. The summed E-state index contributed by atoms with van der Waals surface area (Å²) >= 11 is 0. The van der Waals surface area contributed by atoms with Gasteiger partial charge in [-0.1, -0.05) is 6.07 Å². The van der Waals surface area contributed by atoms with Crippen LogP contribution < -0.4 is 10.2 Å². The number of methoxy groups -OCH3 is 1. The van der Waals surface area contributed by atoms with Gasteiger partial charge in [-0.3, -0.25) is 4.79 Å². The van der Waals surface area contributed by atoms with Gasteiger partial charge in [-0.25, -0.2) is 14.4 Å². The Morgan fingerprint density at radius 3 is 2.89 bits per heavy atom. The lowest BCUT2D eigenvalue weighted by molar-refractivity contribution is -0.115. The van der Waals surface area contributed by atoms with E-state index >= 15 is 0 Å². The molecule has 9 nitrogen and oxygen atoms in total. The molecule has 144 valence electrons. The van der Waals surface area contributed by atoms with E-state index in [-0.39, 0.29) is 12.5 Å². The number of nitrogens with zero attached hydrogens (tertiary/aromatic N) is 5. The van der Waals surface area contributed by atoms with Crippen molar-refractivity contribution in [3.05, 3.63) is 36.0 Å². The maximum atomic E-state index is 14.9. The predicted molar refractivity (Wildman–Crippen MR) is 100 cm³/mol. The molecular formula is C18H18FN7O2. The molecule has 0 saturated heterocycles. The summed E-state index contributed by atoms with van der Waals surface area (Å²) in [4.78, 5) is 25.4. The number of aromatic nitrogens is 5. The Morgan fingerprint density at radius 2 is 2.14 bits per heavy atom. The number of carbonyl (C=O) groups is 1. The number of ether oxygens (including phenoxy) is 1. The lowest BCUT2D eigenvalue weighted by atomic mass is 10.0. The second-order valence-corrected chi connectivity index (χ2v) is 6.33. The number of nitrogens with one attached hydrogen (secondary N) is 2. The van der Waals surface area contributed by atoms with Gasteiger partial charge in [-0.2, -0.15) is 0 Å². The largest absolute Gasteiger partial charge is 0.383 e. The highest BCUT2D eigenvalue weighted by Crippen LogP contribution is 2.32. The Morgan fingerprint density at radius 1 is 1.32 bits per heavy atom. The number of benzene rings is 1. The quantitative estimate of drug-likeness (QED) is 0.691. The summed E-state index contributed by atoms with van der Waals surface area (Å²) in [5.41, 5.74) is 1.88. The molecule has 1 aliphatic rings. The minimum atomic E-state index is -0.404. The number of aromatic amines is 1. The fraction of sp³-hybridized carbons (Fsp3) is 0.278. The summed E-state index contributed by atoms with van der Waals surface area (Å²) in [6.07, 6.45) is 2.92. The average Bonchev–Trinajstić information content (AvgIpc) is 3.22. The molecular weight excluding hydrogens is 365 g/mol. The van der Waals surface area contributed by atoms with Crippen LogP contribution in [0.5, 0.6) is 0 Å². The van der Waals surface area contributed by atoms with Gasteiger partial charge in [-0.05, 0) is 18.6 Å². The fourth-order valence-corrected chi connectivity index (χ4v) is 3.11. The summed E-state index contributed by atoms with van der Waals surface area (Å²) in [5, 5.41) is 10.3. The fourth-order valence-electron chi connectivity index (χ4n) is 3.11. The third-order valence-electron chi connectivity index (χ3n) is 4.55. The number of H-pyrrole nitrogens is 1. The zero-order chi connectivity index (χ0) is 19.7. The van der Waals surface area contributed by atoms with Crippen LogP contribution in [0.2, 0.25) is 0 Å². The minimum Gasteiger partial charge on any atom is -0.383 e. The van der Waals surface area contributed by atoms with Crippen molar-refractivity contribution in [2.24, 2.45) is 0 Å². The minimum absolute atomic E-state index is 0.159. The first kappa shape index (κ1) is 18.0. The molecule has 10 heteroatoms. The zero-order valence-corrected chi connectivity index (χ0v) is 15.4. The van der Waals surface area contributed by atoms with Crippen LogP contribution in [0.25, 0.3) is 22.6 Å². The van der Waals surface area contributed by atoms with E-state index in [1.807, 2.05) is 0 Å². The molecule has 1 aliphatic heterocycles. The SMILES string of the molecule is COCCN1CC(=O)Nc2ncc(-c3ccc(-c4nnc[nH]4)c(F)c3C)nc21. The van der Waals surface area contributed by atoms with Crippen LogP contribution in [-0.4, -0.2) is 57.9 Å². The van der Waals surface area contributed by atoms with Crippen molar-refractivity contribution in [3.8, 4) is 22.6 Å². The van der Waals surface area contributed by atoms with E-state index in [9.17, 15) is 9.18 Å². The molecule has 0 spiro atoms. The molecule has 1 aromatic carbocycles. The van der Waals surface area contributed by atoms with Gasteiger partial charge in [0, 0.05) is 19.2 Å². The van der Waals surface area contributed by atoms with E-state index in [2.05, 4.69) is 30.5 Å². The maximum absolute atomic E-state index is 14.9. The van der Waals surface area contributed by atoms with Gasteiger partial charge in [0.05, 0.1) is 30.6 Å². The predicted octanol–water partition coefficient (Wildman–Crippen LogP) is 1.78. The number of fused-ring (bicyclic) bond motifs is 1. The Bertz CT molecular complexity index is 1020. The Hall–Kier alpha value is -3.40. The van der Waals surface area contributed by atoms with Gasteiger partial charge in [0.2, 0.25) is 5.91 Å². The molecule has 2 N–H and O–H groups in total. The third kappa shape index (κ3) is 3.18. The van der Waals surface area contributed by atoms with Crippen molar-refractivity contribution in [2.75, 3.05) is 37.0 Å². The van der Waals surface area contributed by atoms with Crippen molar-refractivity contribution < 1.29 is 13.9 Å². The lowest BCUT2D eigenvalue weighted by Gasteiger charge is -2.29. The maximum Gasteiger partial charge on any atom is 0.245 e. The second kappa shape index (κ2) is 7.31. The van der Waals surface area contributed by atoms with Gasteiger partial charge in [0.25, 0.3) is 0 Å². The normalized spacial score (nSPS) is 13.4. The van der Waals surface area contributed by atoms with Crippen molar-refractivity contribution in [3.63, 3.8) is 0 Å². The van der Waals surface area contributed by atoms with E-state index in [0.29, 0.717) is 53.0 Å². The Labute approximate surface area is 160 Å². The molecule has 0 radical (unpaired) electrons. The second-order valence-electron chi connectivity index (χ2n) is 6.33. The van der Waals surface area contributed by atoms with Gasteiger partial charge in [-0.15, -0.1) is 10.2 Å².